The molecule has 136 valence electrons. The molecule has 6 heteroatoms. The molecule has 1 atom stereocenters. The van der Waals surface area contributed by atoms with Crippen LogP contribution in [-0.4, -0.2) is 35.4 Å². The van der Waals surface area contributed by atoms with E-state index in [0.29, 0.717) is 18.0 Å². The van der Waals surface area contributed by atoms with Crippen LogP contribution in [0.2, 0.25) is 5.02 Å². The molecule has 26 heavy (non-hydrogen) atoms. The van der Waals surface area contributed by atoms with Crippen molar-refractivity contribution >= 4 is 28.4 Å². The van der Waals surface area contributed by atoms with Crippen LogP contribution in [0.5, 0.6) is 0 Å². The first-order chi connectivity index (χ1) is 12.7. The predicted octanol–water partition coefficient (Wildman–Crippen LogP) is 3.91. The number of carbonyl (C=O) groups is 1. The molecule has 1 saturated heterocycles. The predicted molar refractivity (Wildman–Crippen MR) is 102 cm³/mol. The van der Waals surface area contributed by atoms with Crippen molar-refractivity contribution in [3.05, 3.63) is 59.1 Å². The average Bonchev–Trinajstić information content (AvgIpc) is 3.38. The zero-order valence-corrected chi connectivity index (χ0v) is 15.3. The molecular weight excluding hydrogens is 350 g/mol. The van der Waals surface area contributed by atoms with Crippen LogP contribution < -0.4 is 5.32 Å². The lowest BCUT2D eigenvalue weighted by Gasteiger charge is -2.26. The number of hydrogen-bond acceptors (Lipinski definition) is 3. The quantitative estimate of drug-likeness (QED) is 0.690. The Hall–Kier alpha value is -2.24. The molecule has 1 unspecified atom stereocenters. The second-order valence-corrected chi connectivity index (χ2v) is 7.20. The monoisotopic (exact) mass is 371 g/mol. The standard InChI is InChI=1S/C20H22ClN3O2/c21-15-5-6-17-16(11-15)14(12-22-17)10-20(25)23-13-18(19-4-3-9-26-19)24-7-1-2-8-24/h3-6,9,11-12,18,22H,1-2,7-8,10,13H2,(H,23,25). The number of rotatable bonds is 6. The first-order valence-electron chi connectivity index (χ1n) is 9.00. The van der Waals surface area contributed by atoms with Gasteiger partial charge in [0.15, 0.2) is 0 Å². The summed E-state index contributed by atoms with van der Waals surface area (Å²) in [5.74, 6) is 0.910. The number of aromatic nitrogens is 1. The van der Waals surface area contributed by atoms with Crippen molar-refractivity contribution in [2.75, 3.05) is 19.6 Å². The van der Waals surface area contributed by atoms with Gasteiger partial charge in [-0.2, -0.15) is 0 Å². The van der Waals surface area contributed by atoms with E-state index < -0.39 is 0 Å². The van der Waals surface area contributed by atoms with Crippen LogP contribution in [0.1, 0.15) is 30.2 Å². The highest BCUT2D eigenvalue weighted by molar-refractivity contribution is 6.31. The van der Waals surface area contributed by atoms with Gasteiger partial charge in [0, 0.05) is 28.7 Å². The SMILES string of the molecule is O=C(Cc1c[nH]c2ccc(Cl)cc12)NCC(c1ccco1)N1CCCC1. The van der Waals surface area contributed by atoms with E-state index in [-0.39, 0.29) is 11.9 Å². The van der Waals surface area contributed by atoms with Crippen LogP contribution in [0.4, 0.5) is 0 Å². The van der Waals surface area contributed by atoms with Gasteiger partial charge in [-0.25, -0.2) is 0 Å². The maximum atomic E-state index is 12.5. The molecule has 2 aromatic heterocycles. The third-order valence-corrected chi connectivity index (χ3v) is 5.26. The second kappa shape index (κ2) is 7.56. The number of amides is 1. The van der Waals surface area contributed by atoms with Crippen LogP contribution in [-0.2, 0) is 11.2 Å². The number of halogens is 1. The lowest BCUT2D eigenvalue weighted by Crippen LogP contribution is -2.37. The van der Waals surface area contributed by atoms with Gasteiger partial charge in [-0.15, -0.1) is 0 Å². The van der Waals surface area contributed by atoms with Crippen molar-refractivity contribution in [1.82, 2.24) is 15.2 Å². The number of aromatic amines is 1. The number of nitrogens with one attached hydrogen (secondary N) is 2. The fraction of sp³-hybridized carbons (Fsp3) is 0.350. The Kier molecular flexibility index (Phi) is 5.00. The van der Waals surface area contributed by atoms with Crippen LogP contribution >= 0.6 is 11.6 Å². The normalized spacial score (nSPS) is 16.2. The molecule has 0 radical (unpaired) electrons. The van der Waals surface area contributed by atoms with Crippen LogP contribution in [0, 0.1) is 0 Å². The molecule has 4 rings (SSSR count). The Labute approximate surface area is 157 Å². The first kappa shape index (κ1) is 17.2. The summed E-state index contributed by atoms with van der Waals surface area (Å²) in [7, 11) is 0. The van der Waals surface area contributed by atoms with Crippen LogP contribution in [0.3, 0.4) is 0 Å². The molecular formula is C20H22ClN3O2. The number of H-pyrrole nitrogens is 1. The van der Waals surface area contributed by atoms with E-state index in [0.717, 1.165) is 35.3 Å². The third-order valence-electron chi connectivity index (χ3n) is 5.03. The summed E-state index contributed by atoms with van der Waals surface area (Å²) >= 11 is 6.09. The molecule has 0 bridgehead atoms. The third kappa shape index (κ3) is 3.64. The lowest BCUT2D eigenvalue weighted by atomic mass is 10.1. The molecule has 1 fully saturated rings. The molecule has 0 aliphatic carbocycles. The van der Waals surface area contributed by atoms with Crippen molar-refractivity contribution in [2.45, 2.75) is 25.3 Å². The molecule has 0 spiro atoms. The number of hydrogen-bond donors (Lipinski definition) is 2. The van der Waals surface area contributed by atoms with Gasteiger partial charge in [0.05, 0.1) is 18.7 Å². The Morgan fingerprint density at radius 1 is 1.31 bits per heavy atom. The van der Waals surface area contributed by atoms with Gasteiger partial charge in [-0.05, 0) is 61.8 Å². The first-order valence-corrected chi connectivity index (χ1v) is 9.38. The fourth-order valence-electron chi connectivity index (χ4n) is 3.69. The smallest absolute Gasteiger partial charge is 0.224 e. The van der Waals surface area contributed by atoms with Gasteiger partial charge < -0.3 is 14.7 Å². The van der Waals surface area contributed by atoms with E-state index in [4.69, 9.17) is 16.0 Å². The highest BCUT2D eigenvalue weighted by atomic mass is 35.5. The van der Waals surface area contributed by atoms with Crippen LogP contribution in [0.25, 0.3) is 10.9 Å². The summed E-state index contributed by atoms with van der Waals surface area (Å²) in [5.41, 5.74) is 1.94. The van der Waals surface area contributed by atoms with Crippen molar-refractivity contribution in [3.63, 3.8) is 0 Å². The summed E-state index contributed by atoms with van der Waals surface area (Å²) in [6, 6.07) is 9.64. The van der Waals surface area contributed by atoms with Gasteiger partial charge in [-0.3, -0.25) is 9.69 Å². The van der Waals surface area contributed by atoms with E-state index >= 15 is 0 Å². The zero-order valence-electron chi connectivity index (χ0n) is 14.5. The lowest BCUT2D eigenvalue weighted by molar-refractivity contribution is -0.120. The number of fused-ring (bicyclic) bond motifs is 1. The van der Waals surface area contributed by atoms with Crippen molar-refractivity contribution in [2.24, 2.45) is 0 Å². The molecule has 3 heterocycles. The van der Waals surface area contributed by atoms with Gasteiger partial charge in [-0.1, -0.05) is 11.6 Å². The molecule has 1 amide bonds. The second-order valence-electron chi connectivity index (χ2n) is 6.76. The maximum absolute atomic E-state index is 12.5. The minimum atomic E-state index is 0.00151. The summed E-state index contributed by atoms with van der Waals surface area (Å²) in [4.78, 5) is 18.1. The molecule has 3 aromatic rings. The molecule has 2 N–H and O–H groups in total. The summed E-state index contributed by atoms with van der Waals surface area (Å²) in [5, 5.41) is 4.75. The van der Waals surface area contributed by atoms with Crippen LogP contribution in [0.15, 0.2) is 47.2 Å². The number of furan rings is 1. The topological polar surface area (TPSA) is 61.3 Å². The Balaban J connectivity index is 1.42. The summed E-state index contributed by atoms with van der Waals surface area (Å²) in [6.45, 7) is 2.64. The van der Waals surface area contributed by atoms with E-state index in [1.165, 1.54) is 12.8 Å². The van der Waals surface area contributed by atoms with Gasteiger partial charge in [0.2, 0.25) is 5.91 Å². The summed E-state index contributed by atoms with van der Waals surface area (Å²) in [6.07, 6.45) is 6.29. The minimum Gasteiger partial charge on any atom is -0.468 e. The number of benzene rings is 1. The van der Waals surface area contributed by atoms with E-state index in [2.05, 4.69) is 15.2 Å². The van der Waals surface area contributed by atoms with Gasteiger partial charge >= 0.3 is 0 Å². The minimum absolute atomic E-state index is 0.00151. The Bertz CT molecular complexity index is 882. The van der Waals surface area contributed by atoms with Gasteiger partial charge in [0.25, 0.3) is 0 Å². The van der Waals surface area contributed by atoms with Crippen molar-refractivity contribution < 1.29 is 9.21 Å². The van der Waals surface area contributed by atoms with E-state index in [9.17, 15) is 4.79 Å². The zero-order chi connectivity index (χ0) is 17.9. The highest BCUT2D eigenvalue weighted by Gasteiger charge is 2.26. The fourth-order valence-corrected chi connectivity index (χ4v) is 3.86. The molecule has 1 aliphatic rings. The average molecular weight is 372 g/mol. The molecule has 1 aliphatic heterocycles. The number of likely N-dealkylation sites (tertiary alicyclic amines) is 1. The van der Waals surface area contributed by atoms with E-state index in [1.54, 1.807) is 6.26 Å². The Morgan fingerprint density at radius 3 is 2.92 bits per heavy atom. The Morgan fingerprint density at radius 2 is 2.15 bits per heavy atom. The number of carbonyl (C=O) groups excluding carboxylic acids is 1. The molecule has 1 aromatic carbocycles. The molecule has 5 nitrogen and oxygen atoms in total. The summed E-state index contributed by atoms with van der Waals surface area (Å²) < 4.78 is 5.60. The largest absolute Gasteiger partial charge is 0.468 e. The number of nitrogens with zero attached hydrogens (tertiary/aromatic N) is 1. The van der Waals surface area contributed by atoms with E-state index in [1.807, 2.05) is 36.5 Å². The van der Waals surface area contributed by atoms with Gasteiger partial charge in [0.1, 0.15) is 5.76 Å². The van der Waals surface area contributed by atoms with Crippen molar-refractivity contribution in [1.29, 1.82) is 0 Å². The van der Waals surface area contributed by atoms with Crippen molar-refractivity contribution in [3.8, 4) is 0 Å². The maximum Gasteiger partial charge on any atom is 0.224 e. The molecule has 0 saturated carbocycles. The highest BCUT2D eigenvalue weighted by Crippen LogP contribution is 2.25.